The van der Waals surface area contributed by atoms with Crippen LogP contribution in [0.15, 0.2) is 90.5 Å². The molecular weight excluding hydrogens is 538 g/mol. The fraction of sp³-hybridized carbons (Fsp3) is 0.290. The van der Waals surface area contributed by atoms with Gasteiger partial charge in [-0.3, -0.25) is 28.8 Å². The predicted octanol–water partition coefficient (Wildman–Crippen LogP) is 5.13. The number of hydrogen-bond acceptors (Lipinski definition) is 6. The van der Waals surface area contributed by atoms with E-state index in [1.807, 2.05) is 62.5 Å². The number of aromatic nitrogens is 6. The summed E-state index contributed by atoms with van der Waals surface area (Å²) in [6.07, 6.45) is 18.1. The second-order valence-electron chi connectivity index (χ2n) is 10.6. The number of halogens is 1. The number of hydrogen-bond donors (Lipinski definition) is 1. The van der Waals surface area contributed by atoms with Crippen LogP contribution in [-0.4, -0.2) is 35.2 Å². The van der Waals surface area contributed by atoms with Crippen molar-refractivity contribution >= 4 is 23.2 Å². The molecule has 0 saturated heterocycles. The van der Waals surface area contributed by atoms with E-state index in [2.05, 4.69) is 20.4 Å². The van der Waals surface area contributed by atoms with Crippen molar-refractivity contribution in [1.29, 1.82) is 0 Å². The normalized spacial score (nSPS) is 24.2. The lowest BCUT2D eigenvalue weighted by molar-refractivity contribution is -0.119. The summed E-state index contributed by atoms with van der Waals surface area (Å²) in [5.74, 6) is -0.511. The maximum atomic E-state index is 13.8. The van der Waals surface area contributed by atoms with Crippen LogP contribution >= 0.6 is 11.6 Å². The molecule has 2 bridgehead atoms. The van der Waals surface area contributed by atoms with Gasteiger partial charge in [-0.25, -0.2) is 4.98 Å². The molecule has 41 heavy (non-hydrogen) atoms. The minimum Gasteiger partial charge on any atom is -0.323 e. The number of anilines is 1. The van der Waals surface area contributed by atoms with Gasteiger partial charge >= 0.3 is 0 Å². The fourth-order valence-corrected chi connectivity index (χ4v) is 6.08. The monoisotopic (exact) mass is 567 g/mol. The molecule has 1 amide bonds. The van der Waals surface area contributed by atoms with Gasteiger partial charge in [-0.05, 0) is 36.6 Å². The summed E-state index contributed by atoms with van der Waals surface area (Å²) in [7, 11) is 1.83. The van der Waals surface area contributed by atoms with Gasteiger partial charge in [0.2, 0.25) is 5.91 Å². The number of pyridine rings is 2. The third kappa shape index (κ3) is 5.02. The highest BCUT2D eigenvalue weighted by Crippen LogP contribution is 2.45. The van der Waals surface area contributed by atoms with Crippen molar-refractivity contribution in [3.8, 4) is 11.3 Å². The van der Waals surface area contributed by atoms with Crippen molar-refractivity contribution in [3.63, 3.8) is 0 Å². The largest absolute Gasteiger partial charge is 0.323 e. The van der Waals surface area contributed by atoms with Gasteiger partial charge in [0.15, 0.2) is 0 Å². The van der Waals surface area contributed by atoms with E-state index in [0.717, 1.165) is 28.9 Å². The first kappa shape index (κ1) is 26.8. The molecule has 4 aromatic heterocycles. The highest BCUT2D eigenvalue weighted by molar-refractivity contribution is 6.26. The number of carbonyl (C=O) groups is 1. The van der Waals surface area contributed by atoms with Gasteiger partial charge in [-0.15, -0.1) is 11.6 Å². The Morgan fingerprint density at radius 1 is 1.07 bits per heavy atom. The number of rotatable bonds is 3. The van der Waals surface area contributed by atoms with Gasteiger partial charge in [0, 0.05) is 49.1 Å². The standard InChI is InChI=1S/C31H30ClN7O2/c1-20-7-5-10-26(24-15-21(11-14-34-24)29-25(37-30(20)41)18-36-38(29)2)39-19-35-27(16-28(39)40)31(32)12-4-3-9-23(31)22-8-6-13-33-17-22/h3-4,6,8-9,11-20,23,26H,5,7,10H2,1-2H3,(H,37,41)/t20-,23?,26+,31?/m1/s1. The minimum absolute atomic E-state index is 0.0565. The molecule has 0 saturated carbocycles. The first-order valence-electron chi connectivity index (χ1n) is 13.7. The fourth-order valence-electron chi connectivity index (χ4n) is 5.71. The van der Waals surface area contributed by atoms with Crippen LogP contribution in [0.25, 0.3) is 11.3 Å². The Kier molecular flexibility index (Phi) is 7.13. The maximum absolute atomic E-state index is 13.8. The lowest BCUT2D eigenvalue weighted by atomic mass is 9.80. The number of alkyl halides is 1. The highest BCUT2D eigenvalue weighted by Gasteiger charge is 2.39. The summed E-state index contributed by atoms with van der Waals surface area (Å²) in [5.41, 5.74) is 4.18. The molecule has 2 unspecified atom stereocenters. The van der Waals surface area contributed by atoms with Crippen LogP contribution in [-0.2, 0) is 16.7 Å². The zero-order valence-electron chi connectivity index (χ0n) is 22.8. The molecule has 0 aromatic carbocycles. The number of carbonyl (C=O) groups excluding carboxylic acids is 1. The first-order valence-corrected chi connectivity index (χ1v) is 14.1. The molecule has 9 nitrogen and oxygen atoms in total. The molecule has 208 valence electrons. The summed E-state index contributed by atoms with van der Waals surface area (Å²) >= 11 is 7.23. The number of nitrogens with one attached hydrogen (secondary N) is 1. The zero-order valence-corrected chi connectivity index (χ0v) is 23.6. The SMILES string of the molecule is C[C@@H]1CCC[C@H](n2cnc(C3(Cl)C=CC=CC3c3cccnc3)cc2=O)c2cc(ccn2)-c2c(cnn2C)NC1=O. The summed E-state index contributed by atoms with van der Waals surface area (Å²) in [6.45, 7) is 1.91. The molecule has 4 aromatic rings. The molecule has 4 atom stereocenters. The summed E-state index contributed by atoms with van der Waals surface area (Å²) in [6, 6.07) is 8.82. The van der Waals surface area contributed by atoms with Crippen LogP contribution in [0.3, 0.4) is 0 Å². The van der Waals surface area contributed by atoms with E-state index in [1.54, 1.807) is 40.4 Å². The molecule has 5 heterocycles. The molecule has 1 N–H and O–H groups in total. The second-order valence-corrected chi connectivity index (χ2v) is 11.3. The smallest absolute Gasteiger partial charge is 0.254 e. The van der Waals surface area contributed by atoms with E-state index >= 15 is 0 Å². The third-order valence-electron chi connectivity index (χ3n) is 7.97. The lowest BCUT2D eigenvalue weighted by Crippen LogP contribution is -2.32. The first-order chi connectivity index (χ1) is 19.8. The minimum atomic E-state index is -1.04. The Morgan fingerprint density at radius 3 is 2.76 bits per heavy atom. The van der Waals surface area contributed by atoms with Gasteiger partial charge in [0.05, 0.1) is 41.3 Å². The van der Waals surface area contributed by atoms with E-state index in [1.165, 1.54) is 6.07 Å². The van der Waals surface area contributed by atoms with Gasteiger partial charge in [0.25, 0.3) is 5.56 Å². The van der Waals surface area contributed by atoms with Gasteiger partial charge in [-0.2, -0.15) is 5.10 Å². The summed E-state index contributed by atoms with van der Waals surface area (Å²) in [5, 5.41) is 7.40. The van der Waals surface area contributed by atoms with Gasteiger partial charge in [-0.1, -0.05) is 43.7 Å². The molecule has 1 aliphatic heterocycles. The Hall–Kier alpha value is -4.37. The van der Waals surface area contributed by atoms with Crippen LogP contribution in [0.2, 0.25) is 0 Å². The molecule has 1 aliphatic carbocycles. The molecule has 0 radical (unpaired) electrons. The lowest BCUT2D eigenvalue weighted by Gasteiger charge is -2.32. The average Bonchev–Trinajstić information content (AvgIpc) is 3.35. The molecule has 0 spiro atoms. The number of amides is 1. The highest BCUT2D eigenvalue weighted by atomic mass is 35.5. The average molecular weight is 568 g/mol. The van der Waals surface area contributed by atoms with E-state index < -0.39 is 4.87 Å². The van der Waals surface area contributed by atoms with Crippen LogP contribution in [0, 0.1) is 5.92 Å². The number of nitrogens with zero attached hydrogens (tertiary/aromatic N) is 6. The Labute approximate surface area is 242 Å². The quantitative estimate of drug-likeness (QED) is 0.344. The Morgan fingerprint density at radius 2 is 1.95 bits per heavy atom. The van der Waals surface area contributed by atoms with Crippen molar-refractivity contribution in [3.05, 3.63) is 113 Å². The molecular formula is C31H30ClN7O2. The van der Waals surface area contributed by atoms with Crippen molar-refractivity contribution in [2.24, 2.45) is 13.0 Å². The van der Waals surface area contributed by atoms with Crippen LogP contribution in [0.4, 0.5) is 5.69 Å². The van der Waals surface area contributed by atoms with Crippen LogP contribution in [0.5, 0.6) is 0 Å². The van der Waals surface area contributed by atoms with E-state index in [-0.39, 0.29) is 29.3 Å². The third-order valence-corrected chi connectivity index (χ3v) is 8.52. The van der Waals surface area contributed by atoms with Crippen molar-refractivity contribution in [2.45, 2.75) is 43.0 Å². The second kappa shape index (κ2) is 10.9. The maximum Gasteiger partial charge on any atom is 0.254 e. The number of allylic oxidation sites excluding steroid dienone is 4. The van der Waals surface area contributed by atoms with Crippen LogP contribution < -0.4 is 10.9 Å². The topological polar surface area (TPSA) is 108 Å². The van der Waals surface area contributed by atoms with Crippen molar-refractivity contribution < 1.29 is 4.79 Å². The van der Waals surface area contributed by atoms with Crippen LogP contribution in [0.1, 0.15) is 55.1 Å². The Balaban J connectivity index is 1.41. The number of fused-ring (bicyclic) bond motifs is 4. The van der Waals surface area contributed by atoms with Gasteiger partial charge < -0.3 is 5.32 Å². The molecule has 2 aliphatic rings. The van der Waals surface area contributed by atoms with Crippen molar-refractivity contribution in [2.75, 3.05) is 5.32 Å². The summed E-state index contributed by atoms with van der Waals surface area (Å²) in [4.78, 5) is 39.3. The number of aryl methyl sites for hydroxylation is 1. The molecule has 6 rings (SSSR count). The van der Waals surface area contributed by atoms with Gasteiger partial charge in [0.1, 0.15) is 4.87 Å². The molecule has 10 heteroatoms. The molecule has 0 fully saturated rings. The van der Waals surface area contributed by atoms with E-state index in [9.17, 15) is 9.59 Å². The van der Waals surface area contributed by atoms with Crippen molar-refractivity contribution in [1.82, 2.24) is 29.3 Å². The predicted molar refractivity (Wildman–Crippen MR) is 158 cm³/mol. The van der Waals surface area contributed by atoms with E-state index in [4.69, 9.17) is 16.6 Å². The zero-order chi connectivity index (χ0) is 28.6. The summed E-state index contributed by atoms with van der Waals surface area (Å²) < 4.78 is 3.35. The van der Waals surface area contributed by atoms with E-state index in [0.29, 0.717) is 24.2 Å². The Bertz CT molecular complexity index is 1710.